The van der Waals surface area contributed by atoms with Crippen LogP contribution in [-0.2, 0) is 10.0 Å². The summed E-state index contributed by atoms with van der Waals surface area (Å²) in [6.45, 7) is 3.52. The first-order chi connectivity index (χ1) is 8.74. The van der Waals surface area contributed by atoms with Crippen LogP contribution < -0.4 is 10.5 Å². The lowest BCUT2D eigenvalue weighted by Gasteiger charge is -2.08. The van der Waals surface area contributed by atoms with Crippen molar-refractivity contribution in [3.05, 3.63) is 33.9 Å². The Balaban J connectivity index is 2.96. The van der Waals surface area contributed by atoms with Gasteiger partial charge in [-0.25, -0.2) is 13.1 Å². The Morgan fingerprint density at radius 1 is 1.47 bits per heavy atom. The van der Waals surface area contributed by atoms with Gasteiger partial charge in [0.05, 0.1) is 9.82 Å². The van der Waals surface area contributed by atoms with Crippen LogP contribution in [0.25, 0.3) is 0 Å². The number of sulfonamides is 1. The minimum atomic E-state index is -3.74. The molecule has 0 aliphatic rings. The molecule has 0 radical (unpaired) electrons. The summed E-state index contributed by atoms with van der Waals surface area (Å²) in [4.78, 5) is 10.1. The molecule has 1 aromatic rings. The number of aryl methyl sites for hydroxylation is 1. The molecular weight excluding hydrogens is 270 g/mol. The van der Waals surface area contributed by atoms with Gasteiger partial charge in [0.15, 0.2) is 0 Å². The van der Waals surface area contributed by atoms with E-state index in [4.69, 9.17) is 5.73 Å². The van der Waals surface area contributed by atoms with Crippen molar-refractivity contribution < 1.29 is 13.3 Å². The van der Waals surface area contributed by atoms with E-state index in [1.54, 1.807) is 13.8 Å². The fourth-order valence-electron chi connectivity index (χ4n) is 1.46. The van der Waals surface area contributed by atoms with E-state index in [2.05, 4.69) is 4.72 Å². The summed E-state index contributed by atoms with van der Waals surface area (Å²) >= 11 is 0. The predicted octanol–water partition coefficient (Wildman–Crippen LogP) is 0.919. The molecule has 0 spiro atoms. The van der Waals surface area contributed by atoms with Gasteiger partial charge in [-0.15, -0.1) is 0 Å². The van der Waals surface area contributed by atoms with Gasteiger partial charge in [0.25, 0.3) is 5.69 Å². The Labute approximate surface area is 112 Å². The summed E-state index contributed by atoms with van der Waals surface area (Å²) in [5, 5.41) is 10.8. The second-order valence-electron chi connectivity index (χ2n) is 4.37. The normalized spacial score (nSPS) is 13.2. The first-order valence-corrected chi connectivity index (χ1v) is 7.22. The first-order valence-electron chi connectivity index (χ1n) is 5.74. The fraction of sp³-hybridized carbons (Fsp3) is 0.455. The van der Waals surface area contributed by atoms with Crippen LogP contribution in [0, 0.1) is 17.0 Å². The highest BCUT2D eigenvalue weighted by Crippen LogP contribution is 2.21. The Morgan fingerprint density at radius 3 is 2.63 bits per heavy atom. The molecule has 0 saturated heterocycles. The van der Waals surface area contributed by atoms with E-state index >= 15 is 0 Å². The number of nitro benzene ring substituents is 1. The van der Waals surface area contributed by atoms with Gasteiger partial charge in [0.1, 0.15) is 0 Å². The van der Waals surface area contributed by atoms with Crippen molar-refractivity contribution >= 4 is 15.7 Å². The van der Waals surface area contributed by atoms with E-state index in [1.807, 2.05) is 0 Å². The van der Waals surface area contributed by atoms with Crippen LogP contribution in [0.1, 0.15) is 18.9 Å². The molecule has 0 aliphatic heterocycles. The number of hydrogen-bond acceptors (Lipinski definition) is 5. The van der Waals surface area contributed by atoms with Crippen molar-refractivity contribution in [3.63, 3.8) is 0 Å². The molecule has 1 rings (SSSR count). The molecule has 0 bridgehead atoms. The van der Waals surface area contributed by atoms with Crippen LogP contribution in [0.2, 0.25) is 0 Å². The lowest BCUT2D eigenvalue weighted by atomic mass is 10.2. The van der Waals surface area contributed by atoms with Crippen molar-refractivity contribution in [3.8, 4) is 0 Å². The van der Waals surface area contributed by atoms with Gasteiger partial charge in [-0.05, 0) is 26.3 Å². The lowest BCUT2D eigenvalue weighted by molar-refractivity contribution is -0.385. The molecule has 3 N–H and O–H groups in total. The van der Waals surface area contributed by atoms with Crippen molar-refractivity contribution in [2.24, 2.45) is 5.73 Å². The van der Waals surface area contributed by atoms with Crippen LogP contribution in [0.15, 0.2) is 23.1 Å². The van der Waals surface area contributed by atoms with Crippen LogP contribution >= 0.6 is 0 Å². The molecule has 1 unspecified atom stereocenters. The first kappa shape index (κ1) is 15.5. The minimum absolute atomic E-state index is 0.116. The second kappa shape index (κ2) is 6.09. The maximum atomic E-state index is 11.9. The highest BCUT2D eigenvalue weighted by molar-refractivity contribution is 7.89. The van der Waals surface area contributed by atoms with Crippen LogP contribution in [0.5, 0.6) is 0 Å². The van der Waals surface area contributed by atoms with Gasteiger partial charge in [-0.1, -0.05) is 6.07 Å². The zero-order valence-corrected chi connectivity index (χ0v) is 11.6. The average Bonchev–Trinajstić information content (AvgIpc) is 2.27. The van der Waals surface area contributed by atoms with Gasteiger partial charge in [-0.2, -0.15) is 0 Å². The maximum absolute atomic E-state index is 11.9. The van der Waals surface area contributed by atoms with Gasteiger partial charge < -0.3 is 5.73 Å². The molecule has 0 aliphatic carbocycles. The van der Waals surface area contributed by atoms with Crippen molar-refractivity contribution in [1.29, 1.82) is 0 Å². The fourth-order valence-corrected chi connectivity index (χ4v) is 2.52. The third kappa shape index (κ3) is 4.27. The minimum Gasteiger partial charge on any atom is -0.328 e. The monoisotopic (exact) mass is 287 g/mol. The third-order valence-corrected chi connectivity index (χ3v) is 4.04. The molecule has 0 aromatic heterocycles. The number of nitrogens with two attached hydrogens (primary N) is 1. The van der Waals surface area contributed by atoms with Gasteiger partial charge >= 0.3 is 0 Å². The van der Waals surface area contributed by atoms with E-state index in [0.717, 1.165) is 6.07 Å². The summed E-state index contributed by atoms with van der Waals surface area (Å²) in [6, 6.07) is 3.70. The summed E-state index contributed by atoms with van der Waals surface area (Å²) in [5.74, 6) is 0. The Morgan fingerprint density at radius 2 is 2.11 bits per heavy atom. The van der Waals surface area contributed by atoms with Crippen LogP contribution in [0.3, 0.4) is 0 Å². The third-order valence-electron chi connectivity index (χ3n) is 2.58. The number of hydrogen-bond donors (Lipinski definition) is 2. The lowest BCUT2D eigenvalue weighted by Crippen LogP contribution is -2.29. The van der Waals surface area contributed by atoms with E-state index in [9.17, 15) is 18.5 Å². The van der Waals surface area contributed by atoms with Crippen molar-refractivity contribution in [2.45, 2.75) is 31.2 Å². The summed E-state index contributed by atoms with van der Waals surface area (Å²) in [5.41, 5.74) is 5.72. The molecule has 0 saturated carbocycles. The van der Waals surface area contributed by atoms with E-state index in [0.29, 0.717) is 12.0 Å². The van der Waals surface area contributed by atoms with E-state index in [1.165, 1.54) is 12.1 Å². The number of rotatable bonds is 6. The molecule has 1 aromatic carbocycles. The van der Waals surface area contributed by atoms with Crippen LogP contribution in [-0.4, -0.2) is 25.9 Å². The number of nitrogens with zero attached hydrogens (tertiary/aromatic N) is 1. The van der Waals surface area contributed by atoms with Gasteiger partial charge in [-0.3, -0.25) is 10.1 Å². The molecule has 0 fully saturated rings. The molecular formula is C11H17N3O4S. The number of nitrogens with one attached hydrogen (secondary N) is 1. The molecule has 1 atom stereocenters. The van der Waals surface area contributed by atoms with Gasteiger partial charge in [0.2, 0.25) is 10.0 Å². The van der Waals surface area contributed by atoms with Crippen molar-refractivity contribution in [1.82, 2.24) is 4.72 Å². The Kier molecular flexibility index (Phi) is 4.98. The Hall–Kier alpha value is -1.51. The smallest absolute Gasteiger partial charge is 0.273 e. The Bertz CT molecular complexity index is 569. The van der Waals surface area contributed by atoms with E-state index in [-0.39, 0.29) is 23.2 Å². The van der Waals surface area contributed by atoms with E-state index < -0.39 is 14.9 Å². The predicted molar refractivity (Wildman–Crippen MR) is 71.3 cm³/mol. The quantitative estimate of drug-likeness (QED) is 0.596. The molecule has 19 heavy (non-hydrogen) atoms. The summed E-state index contributed by atoms with van der Waals surface area (Å²) in [7, 11) is -3.74. The molecule has 106 valence electrons. The number of benzene rings is 1. The highest BCUT2D eigenvalue weighted by atomic mass is 32.2. The van der Waals surface area contributed by atoms with Crippen molar-refractivity contribution in [2.75, 3.05) is 6.54 Å². The standard InChI is InChI=1S/C11H17N3O4S/c1-8-3-4-10(7-11(8)14(15)16)19(17,18)13-6-5-9(2)12/h3-4,7,9,13H,5-6,12H2,1-2H3. The summed E-state index contributed by atoms with van der Waals surface area (Å²) < 4.78 is 26.2. The SMILES string of the molecule is Cc1ccc(S(=O)(=O)NCCC(C)N)cc1[N+](=O)[O-]. The van der Waals surface area contributed by atoms with Crippen LogP contribution in [0.4, 0.5) is 5.69 Å². The molecule has 8 heteroatoms. The maximum Gasteiger partial charge on any atom is 0.273 e. The topological polar surface area (TPSA) is 115 Å². The second-order valence-corrected chi connectivity index (χ2v) is 6.14. The molecule has 7 nitrogen and oxygen atoms in total. The molecule has 0 amide bonds. The average molecular weight is 287 g/mol. The molecule has 0 heterocycles. The van der Waals surface area contributed by atoms with Gasteiger partial charge in [0, 0.05) is 24.2 Å². The largest absolute Gasteiger partial charge is 0.328 e. The highest BCUT2D eigenvalue weighted by Gasteiger charge is 2.19. The zero-order valence-electron chi connectivity index (χ0n) is 10.8. The summed E-state index contributed by atoms with van der Waals surface area (Å²) in [6.07, 6.45) is 0.493. The zero-order chi connectivity index (χ0) is 14.6. The number of nitro groups is 1.